The van der Waals surface area contributed by atoms with E-state index in [-0.39, 0.29) is 23.3 Å². The molecule has 2 fully saturated rings. The number of nitrogens with zero attached hydrogens (tertiary/aromatic N) is 4. The minimum atomic E-state index is -0.231. The van der Waals surface area contributed by atoms with Crippen molar-refractivity contribution in [2.75, 3.05) is 72.0 Å². The van der Waals surface area contributed by atoms with Crippen LogP contribution in [0.25, 0.3) is 0 Å². The number of rotatable bonds is 8. The van der Waals surface area contributed by atoms with Gasteiger partial charge in [0.2, 0.25) is 17.7 Å². The molecule has 0 radical (unpaired) electrons. The molecule has 2 N–H and O–H groups in total. The Labute approximate surface area is 203 Å². The lowest BCUT2D eigenvalue weighted by Gasteiger charge is -2.37. The van der Waals surface area contributed by atoms with Crippen molar-refractivity contribution >= 4 is 17.7 Å². The lowest BCUT2D eigenvalue weighted by atomic mass is 10.1. The number of amides is 3. The van der Waals surface area contributed by atoms with Gasteiger partial charge >= 0.3 is 0 Å². The van der Waals surface area contributed by atoms with Crippen molar-refractivity contribution in [3.8, 4) is 0 Å². The molecule has 1 aromatic rings. The van der Waals surface area contributed by atoms with Crippen LogP contribution in [0.5, 0.6) is 0 Å². The predicted molar refractivity (Wildman–Crippen MR) is 132 cm³/mol. The van der Waals surface area contributed by atoms with Crippen LogP contribution < -0.4 is 10.6 Å². The standard InChI is InChI=1S/C25H40N6O3/c1-25(2,3)27-23(33)19-29-13-15-31(16-14-29)24(34)20-30-11-9-28(10-12-30)18-22(32)26-17-21-7-5-4-6-8-21/h4-8H,9-20H2,1-3H3,(H,26,32)(H,27,33). The van der Waals surface area contributed by atoms with Gasteiger partial charge in [0.05, 0.1) is 19.6 Å². The van der Waals surface area contributed by atoms with Crippen LogP contribution >= 0.6 is 0 Å². The van der Waals surface area contributed by atoms with E-state index in [2.05, 4.69) is 25.3 Å². The van der Waals surface area contributed by atoms with Crippen molar-refractivity contribution < 1.29 is 14.4 Å². The molecule has 0 unspecified atom stereocenters. The largest absolute Gasteiger partial charge is 0.351 e. The Morgan fingerprint density at radius 2 is 1.24 bits per heavy atom. The average Bonchev–Trinajstić information content (AvgIpc) is 2.79. The molecule has 9 nitrogen and oxygen atoms in total. The first-order valence-electron chi connectivity index (χ1n) is 12.2. The molecule has 0 atom stereocenters. The molecule has 1 aromatic carbocycles. The number of piperazine rings is 2. The monoisotopic (exact) mass is 472 g/mol. The Hall–Kier alpha value is -2.49. The van der Waals surface area contributed by atoms with Crippen LogP contribution in [0.4, 0.5) is 0 Å². The molecular formula is C25H40N6O3. The fourth-order valence-electron chi connectivity index (χ4n) is 4.27. The van der Waals surface area contributed by atoms with Gasteiger partial charge in [-0.3, -0.25) is 29.1 Å². The third-order valence-electron chi connectivity index (χ3n) is 6.13. The number of carbonyl (C=O) groups is 3. The van der Waals surface area contributed by atoms with Crippen molar-refractivity contribution in [2.24, 2.45) is 0 Å². The van der Waals surface area contributed by atoms with Crippen LogP contribution in [0, 0.1) is 0 Å². The number of hydrogen-bond donors (Lipinski definition) is 2. The lowest BCUT2D eigenvalue weighted by Crippen LogP contribution is -2.55. The van der Waals surface area contributed by atoms with Gasteiger partial charge in [-0.05, 0) is 26.3 Å². The van der Waals surface area contributed by atoms with Crippen LogP contribution in [0.3, 0.4) is 0 Å². The van der Waals surface area contributed by atoms with Crippen molar-refractivity contribution in [3.05, 3.63) is 35.9 Å². The Balaban J connectivity index is 1.30. The maximum absolute atomic E-state index is 12.8. The fourth-order valence-corrected chi connectivity index (χ4v) is 4.27. The Bertz CT molecular complexity index is 810. The minimum absolute atomic E-state index is 0.0268. The second kappa shape index (κ2) is 12.3. The highest BCUT2D eigenvalue weighted by Crippen LogP contribution is 2.07. The molecule has 2 heterocycles. The summed E-state index contributed by atoms with van der Waals surface area (Å²) in [6.45, 7) is 13.5. The van der Waals surface area contributed by atoms with E-state index < -0.39 is 0 Å². The molecule has 2 saturated heterocycles. The van der Waals surface area contributed by atoms with E-state index in [1.807, 2.05) is 56.0 Å². The Kier molecular flexibility index (Phi) is 9.44. The van der Waals surface area contributed by atoms with E-state index >= 15 is 0 Å². The first-order chi connectivity index (χ1) is 16.2. The highest BCUT2D eigenvalue weighted by Gasteiger charge is 2.26. The maximum atomic E-state index is 12.8. The van der Waals surface area contributed by atoms with Gasteiger partial charge in [-0.2, -0.15) is 0 Å². The van der Waals surface area contributed by atoms with E-state index in [9.17, 15) is 14.4 Å². The van der Waals surface area contributed by atoms with E-state index in [0.717, 1.165) is 44.8 Å². The second-order valence-electron chi connectivity index (χ2n) is 10.3. The fraction of sp³-hybridized carbons (Fsp3) is 0.640. The topological polar surface area (TPSA) is 88.2 Å². The maximum Gasteiger partial charge on any atom is 0.236 e. The SMILES string of the molecule is CC(C)(C)NC(=O)CN1CCN(C(=O)CN2CCN(CC(=O)NCc3ccccc3)CC2)CC1. The minimum Gasteiger partial charge on any atom is -0.351 e. The molecule has 3 rings (SSSR count). The van der Waals surface area contributed by atoms with Gasteiger partial charge in [-0.15, -0.1) is 0 Å². The van der Waals surface area contributed by atoms with Crippen molar-refractivity contribution in [1.29, 1.82) is 0 Å². The van der Waals surface area contributed by atoms with Gasteiger partial charge in [0.1, 0.15) is 0 Å². The smallest absolute Gasteiger partial charge is 0.236 e. The van der Waals surface area contributed by atoms with Crippen molar-refractivity contribution in [2.45, 2.75) is 32.9 Å². The summed E-state index contributed by atoms with van der Waals surface area (Å²) in [5.41, 5.74) is 0.860. The summed E-state index contributed by atoms with van der Waals surface area (Å²) in [4.78, 5) is 45.5. The van der Waals surface area contributed by atoms with Crippen LogP contribution in [-0.4, -0.2) is 115 Å². The third-order valence-corrected chi connectivity index (χ3v) is 6.13. The van der Waals surface area contributed by atoms with Crippen molar-refractivity contribution in [3.63, 3.8) is 0 Å². The Morgan fingerprint density at radius 1 is 0.735 bits per heavy atom. The van der Waals surface area contributed by atoms with Gasteiger partial charge in [-0.25, -0.2) is 0 Å². The molecule has 3 amide bonds. The van der Waals surface area contributed by atoms with E-state index in [1.165, 1.54) is 0 Å². The highest BCUT2D eigenvalue weighted by atomic mass is 16.2. The van der Waals surface area contributed by atoms with Crippen LogP contribution in [0.1, 0.15) is 26.3 Å². The van der Waals surface area contributed by atoms with Gasteiger partial charge in [0, 0.05) is 64.4 Å². The zero-order chi connectivity index (χ0) is 24.6. The number of nitrogens with one attached hydrogen (secondary N) is 2. The van der Waals surface area contributed by atoms with Gasteiger partial charge < -0.3 is 15.5 Å². The molecule has 188 valence electrons. The molecule has 2 aliphatic rings. The molecule has 2 aliphatic heterocycles. The summed E-state index contributed by atoms with van der Waals surface area (Å²) < 4.78 is 0. The molecule has 0 saturated carbocycles. The number of hydrogen-bond acceptors (Lipinski definition) is 6. The molecule has 0 spiro atoms. The molecule has 9 heteroatoms. The normalized spacial score (nSPS) is 18.5. The van der Waals surface area contributed by atoms with E-state index in [0.29, 0.717) is 39.3 Å². The van der Waals surface area contributed by atoms with Crippen LogP contribution in [0.15, 0.2) is 30.3 Å². The van der Waals surface area contributed by atoms with E-state index in [1.54, 1.807) is 0 Å². The van der Waals surface area contributed by atoms with Gasteiger partial charge in [0.25, 0.3) is 0 Å². The zero-order valence-corrected chi connectivity index (χ0v) is 20.9. The zero-order valence-electron chi connectivity index (χ0n) is 20.9. The van der Waals surface area contributed by atoms with Crippen molar-refractivity contribution in [1.82, 2.24) is 30.2 Å². The van der Waals surface area contributed by atoms with Gasteiger partial charge in [0.15, 0.2) is 0 Å². The lowest BCUT2D eigenvalue weighted by molar-refractivity contribution is -0.135. The first kappa shape index (κ1) is 26.1. The number of carbonyl (C=O) groups excluding carboxylic acids is 3. The molecule has 0 aliphatic carbocycles. The predicted octanol–water partition coefficient (Wildman–Crippen LogP) is -0.0207. The summed E-state index contributed by atoms with van der Waals surface area (Å²) in [5, 5.41) is 5.96. The average molecular weight is 473 g/mol. The molecule has 0 aromatic heterocycles. The quantitative estimate of drug-likeness (QED) is 0.553. The first-order valence-corrected chi connectivity index (χ1v) is 12.2. The molecule has 0 bridgehead atoms. The molecular weight excluding hydrogens is 432 g/mol. The summed E-state index contributed by atoms with van der Waals surface area (Å²) in [7, 11) is 0. The number of benzene rings is 1. The summed E-state index contributed by atoms with van der Waals surface area (Å²) in [5.74, 6) is 0.203. The van der Waals surface area contributed by atoms with Crippen LogP contribution in [0.2, 0.25) is 0 Å². The summed E-state index contributed by atoms with van der Waals surface area (Å²) in [6, 6.07) is 9.90. The van der Waals surface area contributed by atoms with Gasteiger partial charge in [-0.1, -0.05) is 30.3 Å². The second-order valence-corrected chi connectivity index (χ2v) is 10.3. The molecule has 34 heavy (non-hydrogen) atoms. The Morgan fingerprint density at radius 3 is 1.79 bits per heavy atom. The summed E-state index contributed by atoms with van der Waals surface area (Å²) >= 11 is 0. The highest BCUT2D eigenvalue weighted by molar-refractivity contribution is 5.80. The van der Waals surface area contributed by atoms with E-state index in [4.69, 9.17) is 0 Å². The summed E-state index contributed by atoms with van der Waals surface area (Å²) in [6.07, 6.45) is 0. The van der Waals surface area contributed by atoms with Crippen LogP contribution in [-0.2, 0) is 20.9 Å². The third kappa shape index (κ3) is 9.04.